The van der Waals surface area contributed by atoms with E-state index < -0.39 is 28.3 Å². The first-order valence-corrected chi connectivity index (χ1v) is 10.5. The lowest BCUT2D eigenvalue weighted by molar-refractivity contribution is -0.119. The van der Waals surface area contributed by atoms with Crippen molar-refractivity contribution in [2.24, 2.45) is 0 Å². The molecule has 0 spiro atoms. The number of anilines is 1. The van der Waals surface area contributed by atoms with E-state index in [1.165, 1.54) is 12.1 Å². The van der Waals surface area contributed by atoms with Crippen molar-refractivity contribution in [3.63, 3.8) is 0 Å². The average molecular weight is 412 g/mol. The van der Waals surface area contributed by atoms with Crippen LogP contribution < -0.4 is 9.62 Å². The van der Waals surface area contributed by atoms with Crippen LogP contribution in [0.25, 0.3) is 0 Å². The summed E-state index contributed by atoms with van der Waals surface area (Å²) in [6, 6.07) is 20.5. The number of hydrogen-bond donors (Lipinski definition) is 1. The molecule has 0 atom stereocenters. The fourth-order valence-corrected chi connectivity index (χ4v) is 4.25. The second-order valence-corrected chi connectivity index (χ2v) is 8.37. The van der Waals surface area contributed by atoms with Crippen LogP contribution in [0.2, 0.25) is 0 Å². The molecule has 1 amide bonds. The van der Waals surface area contributed by atoms with Crippen molar-refractivity contribution < 1.29 is 17.6 Å². The maximum atomic E-state index is 13.2. The monoisotopic (exact) mass is 412 g/mol. The van der Waals surface area contributed by atoms with E-state index in [9.17, 15) is 17.6 Å². The van der Waals surface area contributed by atoms with Gasteiger partial charge >= 0.3 is 0 Å². The maximum absolute atomic E-state index is 13.2. The summed E-state index contributed by atoms with van der Waals surface area (Å²) in [5, 5.41) is 2.77. The largest absolute Gasteiger partial charge is 0.350 e. The minimum atomic E-state index is -4.05. The maximum Gasteiger partial charge on any atom is 0.264 e. The Morgan fingerprint density at radius 1 is 0.931 bits per heavy atom. The zero-order valence-electron chi connectivity index (χ0n) is 15.9. The number of nitrogens with zero attached hydrogens (tertiary/aromatic N) is 1. The van der Waals surface area contributed by atoms with Gasteiger partial charge in [0.05, 0.1) is 10.6 Å². The van der Waals surface area contributed by atoms with Gasteiger partial charge in [-0.2, -0.15) is 0 Å². The zero-order valence-corrected chi connectivity index (χ0v) is 16.7. The molecule has 0 fully saturated rings. The molecule has 29 heavy (non-hydrogen) atoms. The van der Waals surface area contributed by atoms with E-state index in [0.717, 1.165) is 27.6 Å². The van der Waals surface area contributed by atoms with Crippen molar-refractivity contribution in [1.82, 2.24) is 5.32 Å². The van der Waals surface area contributed by atoms with Crippen LogP contribution in [0.4, 0.5) is 10.1 Å². The van der Waals surface area contributed by atoms with Gasteiger partial charge in [-0.05, 0) is 54.4 Å². The van der Waals surface area contributed by atoms with Gasteiger partial charge in [-0.3, -0.25) is 9.10 Å². The predicted octanol–water partition coefficient (Wildman–Crippen LogP) is 3.65. The van der Waals surface area contributed by atoms with Crippen molar-refractivity contribution in [1.29, 1.82) is 0 Å². The highest BCUT2D eigenvalue weighted by Gasteiger charge is 2.27. The second-order valence-electron chi connectivity index (χ2n) is 6.50. The topological polar surface area (TPSA) is 66.5 Å². The molecule has 0 saturated carbocycles. The van der Waals surface area contributed by atoms with Gasteiger partial charge in [-0.15, -0.1) is 0 Å². The van der Waals surface area contributed by atoms with E-state index in [1.807, 2.05) is 31.2 Å². The molecule has 150 valence electrons. The van der Waals surface area contributed by atoms with Crippen molar-refractivity contribution in [2.45, 2.75) is 18.4 Å². The summed E-state index contributed by atoms with van der Waals surface area (Å²) < 4.78 is 40.5. The Balaban J connectivity index is 1.84. The van der Waals surface area contributed by atoms with Gasteiger partial charge in [0.2, 0.25) is 5.91 Å². The fraction of sp³-hybridized carbons (Fsp3) is 0.136. The summed E-state index contributed by atoms with van der Waals surface area (Å²) >= 11 is 0. The van der Waals surface area contributed by atoms with E-state index in [2.05, 4.69) is 5.32 Å². The van der Waals surface area contributed by atoms with Gasteiger partial charge in [0.15, 0.2) is 0 Å². The van der Waals surface area contributed by atoms with E-state index in [0.29, 0.717) is 12.2 Å². The first-order chi connectivity index (χ1) is 13.9. The molecule has 0 heterocycles. The minimum Gasteiger partial charge on any atom is -0.350 e. The van der Waals surface area contributed by atoms with Gasteiger partial charge in [0, 0.05) is 6.54 Å². The number of amides is 1. The molecule has 5 nitrogen and oxygen atoms in total. The van der Waals surface area contributed by atoms with Crippen LogP contribution in [0.3, 0.4) is 0 Å². The highest BCUT2D eigenvalue weighted by molar-refractivity contribution is 7.92. The molecule has 0 saturated heterocycles. The highest BCUT2D eigenvalue weighted by atomic mass is 32.2. The van der Waals surface area contributed by atoms with Crippen molar-refractivity contribution in [3.8, 4) is 0 Å². The summed E-state index contributed by atoms with van der Waals surface area (Å²) in [4.78, 5) is 12.5. The number of para-hydroxylation sites is 1. The Labute approximate surface area is 169 Å². The Bertz CT molecular complexity index is 1080. The van der Waals surface area contributed by atoms with Gasteiger partial charge in [-0.1, -0.05) is 42.5 Å². The number of rotatable bonds is 7. The van der Waals surface area contributed by atoms with Gasteiger partial charge in [0.25, 0.3) is 10.0 Å². The summed E-state index contributed by atoms with van der Waals surface area (Å²) in [6.45, 7) is 1.84. The molecular weight excluding hydrogens is 391 g/mol. The lowest BCUT2D eigenvalue weighted by Crippen LogP contribution is -2.40. The van der Waals surface area contributed by atoms with Crippen molar-refractivity contribution in [3.05, 3.63) is 95.8 Å². The SMILES string of the molecule is Cc1ccccc1CNC(=O)CN(c1ccccc1)S(=O)(=O)c1ccc(F)cc1. The number of benzene rings is 3. The third-order valence-electron chi connectivity index (χ3n) is 4.47. The summed E-state index contributed by atoms with van der Waals surface area (Å²) in [5.41, 5.74) is 2.34. The number of carbonyl (C=O) groups excluding carboxylic acids is 1. The smallest absolute Gasteiger partial charge is 0.264 e. The molecule has 3 aromatic rings. The van der Waals surface area contributed by atoms with Crippen LogP contribution in [-0.4, -0.2) is 20.9 Å². The van der Waals surface area contributed by atoms with Crippen LogP contribution >= 0.6 is 0 Å². The number of hydrogen-bond acceptors (Lipinski definition) is 3. The number of aryl methyl sites for hydroxylation is 1. The average Bonchev–Trinajstić information content (AvgIpc) is 2.72. The quantitative estimate of drug-likeness (QED) is 0.644. The molecule has 3 rings (SSSR count). The first-order valence-electron chi connectivity index (χ1n) is 9.02. The number of nitrogens with one attached hydrogen (secondary N) is 1. The molecular formula is C22H21FN2O3S. The summed E-state index contributed by atoms with van der Waals surface area (Å²) in [6.07, 6.45) is 0. The summed E-state index contributed by atoms with van der Waals surface area (Å²) in [5.74, 6) is -0.978. The molecule has 0 aliphatic carbocycles. The number of halogens is 1. The van der Waals surface area contributed by atoms with E-state index in [1.54, 1.807) is 30.3 Å². The predicted molar refractivity (Wildman–Crippen MR) is 110 cm³/mol. The molecule has 0 aliphatic heterocycles. The Morgan fingerprint density at radius 3 is 2.21 bits per heavy atom. The Kier molecular flexibility index (Phi) is 6.29. The lowest BCUT2D eigenvalue weighted by atomic mass is 10.1. The van der Waals surface area contributed by atoms with E-state index in [-0.39, 0.29) is 4.90 Å². The Hall–Kier alpha value is -3.19. The lowest BCUT2D eigenvalue weighted by Gasteiger charge is -2.24. The van der Waals surface area contributed by atoms with Gasteiger partial charge in [-0.25, -0.2) is 12.8 Å². The molecule has 1 N–H and O–H groups in total. The number of sulfonamides is 1. The van der Waals surface area contributed by atoms with Crippen molar-refractivity contribution >= 4 is 21.6 Å². The van der Waals surface area contributed by atoms with Gasteiger partial charge < -0.3 is 5.32 Å². The third kappa shape index (κ3) is 5.00. The van der Waals surface area contributed by atoms with Gasteiger partial charge in [0.1, 0.15) is 12.4 Å². The van der Waals surface area contributed by atoms with Crippen LogP contribution in [0.1, 0.15) is 11.1 Å². The minimum absolute atomic E-state index is 0.0885. The van der Waals surface area contributed by atoms with E-state index in [4.69, 9.17) is 0 Å². The molecule has 0 aliphatic rings. The van der Waals surface area contributed by atoms with Crippen LogP contribution in [-0.2, 0) is 21.4 Å². The highest BCUT2D eigenvalue weighted by Crippen LogP contribution is 2.23. The van der Waals surface area contributed by atoms with Crippen LogP contribution in [0.5, 0.6) is 0 Å². The van der Waals surface area contributed by atoms with Crippen LogP contribution in [0, 0.1) is 12.7 Å². The normalized spacial score (nSPS) is 11.1. The standard InChI is InChI=1S/C22H21FN2O3S/c1-17-7-5-6-8-18(17)15-24-22(26)16-25(20-9-3-2-4-10-20)29(27,28)21-13-11-19(23)12-14-21/h2-14H,15-16H2,1H3,(H,24,26). The second kappa shape index (κ2) is 8.87. The fourth-order valence-electron chi connectivity index (χ4n) is 2.83. The zero-order chi connectivity index (χ0) is 20.9. The van der Waals surface area contributed by atoms with Crippen LogP contribution in [0.15, 0.2) is 83.8 Å². The van der Waals surface area contributed by atoms with E-state index >= 15 is 0 Å². The molecule has 3 aromatic carbocycles. The first kappa shape index (κ1) is 20.5. The van der Waals surface area contributed by atoms with Crippen molar-refractivity contribution in [2.75, 3.05) is 10.8 Å². The Morgan fingerprint density at radius 2 is 1.55 bits per heavy atom. The third-order valence-corrected chi connectivity index (χ3v) is 6.26. The summed E-state index contributed by atoms with van der Waals surface area (Å²) in [7, 11) is -4.05. The number of carbonyl (C=O) groups is 1. The molecule has 0 radical (unpaired) electrons. The molecule has 0 bridgehead atoms. The molecule has 0 unspecified atom stereocenters. The molecule has 7 heteroatoms. The molecule has 0 aromatic heterocycles.